The monoisotopic (exact) mass is 489 g/mol. The van der Waals surface area contributed by atoms with Gasteiger partial charge in [0, 0.05) is 11.3 Å². The number of thiocarbonyl (C=S) groups is 1. The van der Waals surface area contributed by atoms with E-state index < -0.39 is 0 Å². The normalized spacial score (nSPS) is 11.3. The average Bonchev–Trinajstić information content (AvgIpc) is 3.45. The van der Waals surface area contributed by atoms with Crippen LogP contribution in [0.5, 0.6) is 5.75 Å². The number of hydrogen-bond acceptors (Lipinski definition) is 8. The van der Waals surface area contributed by atoms with Gasteiger partial charge in [-0.15, -0.1) is 0 Å². The number of carbonyl (C=O) groups excluding carboxylic acids is 1. The maximum atomic E-state index is 12.6. The molecule has 1 amide bonds. The van der Waals surface area contributed by atoms with Gasteiger partial charge in [-0.2, -0.15) is 8.75 Å². The summed E-state index contributed by atoms with van der Waals surface area (Å²) in [6.45, 7) is 4.22. The summed E-state index contributed by atoms with van der Waals surface area (Å²) >= 11 is 6.39. The number of nitrogens with zero attached hydrogens (tertiary/aromatic N) is 3. The van der Waals surface area contributed by atoms with Crippen LogP contribution < -0.4 is 10.6 Å². The number of nitrogens with one attached hydrogen (secondary N) is 2. The van der Waals surface area contributed by atoms with Gasteiger partial charge in [0.1, 0.15) is 22.3 Å². The second-order valence-electron chi connectivity index (χ2n) is 8.01. The van der Waals surface area contributed by atoms with E-state index in [9.17, 15) is 9.90 Å². The van der Waals surface area contributed by atoms with Gasteiger partial charge in [0.05, 0.1) is 17.3 Å². The highest BCUT2D eigenvalue weighted by Gasteiger charge is 2.15. The predicted molar refractivity (Wildman–Crippen MR) is 136 cm³/mol. The molecule has 8 nitrogen and oxygen atoms in total. The Hall–Kier alpha value is -3.89. The van der Waals surface area contributed by atoms with Crippen molar-refractivity contribution < 1.29 is 14.3 Å². The zero-order valence-corrected chi connectivity index (χ0v) is 19.8. The smallest absolute Gasteiger partial charge is 0.257 e. The summed E-state index contributed by atoms with van der Waals surface area (Å²) < 4.78 is 14.1. The third kappa shape index (κ3) is 4.33. The molecule has 0 atom stereocenters. The highest BCUT2D eigenvalue weighted by molar-refractivity contribution is 7.80. The molecule has 34 heavy (non-hydrogen) atoms. The molecule has 3 N–H and O–H groups in total. The van der Waals surface area contributed by atoms with Crippen LogP contribution in [-0.2, 0) is 0 Å². The predicted octanol–water partition coefficient (Wildman–Crippen LogP) is 5.46. The van der Waals surface area contributed by atoms with Crippen molar-refractivity contribution in [1.82, 2.24) is 19.0 Å². The Morgan fingerprint density at radius 3 is 2.68 bits per heavy atom. The number of anilines is 1. The number of hydrogen-bond donors (Lipinski definition) is 3. The number of benzene rings is 3. The van der Waals surface area contributed by atoms with E-state index in [0.717, 1.165) is 22.8 Å². The molecule has 5 rings (SSSR count). The van der Waals surface area contributed by atoms with Crippen LogP contribution in [0.4, 0.5) is 5.69 Å². The van der Waals surface area contributed by atoms with Crippen molar-refractivity contribution in [3.05, 3.63) is 65.7 Å². The topological polar surface area (TPSA) is 113 Å². The maximum Gasteiger partial charge on any atom is 0.257 e. The Morgan fingerprint density at radius 2 is 1.85 bits per heavy atom. The summed E-state index contributed by atoms with van der Waals surface area (Å²) in [4.78, 5) is 17.1. The van der Waals surface area contributed by atoms with Crippen molar-refractivity contribution >= 4 is 62.8 Å². The molecular formula is C24H19N5O3S2. The van der Waals surface area contributed by atoms with Gasteiger partial charge >= 0.3 is 0 Å². The molecule has 2 heterocycles. The van der Waals surface area contributed by atoms with Gasteiger partial charge in [0.25, 0.3) is 5.91 Å². The number of phenolic OH excluding ortho intramolecular Hbond substituents is 1. The van der Waals surface area contributed by atoms with E-state index in [2.05, 4.69) is 38.2 Å². The first kappa shape index (κ1) is 21.9. The van der Waals surface area contributed by atoms with Crippen LogP contribution in [0.15, 0.2) is 59.0 Å². The van der Waals surface area contributed by atoms with Crippen molar-refractivity contribution in [1.29, 1.82) is 0 Å². The van der Waals surface area contributed by atoms with Gasteiger partial charge < -0.3 is 14.8 Å². The Kier molecular flexibility index (Phi) is 5.68. The molecule has 2 aromatic heterocycles. The van der Waals surface area contributed by atoms with Crippen LogP contribution in [-0.4, -0.2) is 29.9 Å². The second kappa shape index (κ2) is 8.81. The molecule has 5 aromatic rings. The van der Waals surface area contributed by atoms with Crippen LogP contribution in [0.3, 0.4) is 0 Å². The zero-order valence-electron chi connectivity index (χ0n) is 18.2. The second-order valence-corrected chi connectivity index (χ2v) is 8.95. The molecular weight excluding hydrogens is 470 g/mol. The van der Waals surface area contributed by atoms with Crippen LogP contribution in [0.25, 0.3) is 33.6 Å². The van der Waals surface area contributed by atoms with E-state index >= 15 is 0 Å². The Labute approximate surface area is 204 Å². The lowest BCUT2D eigenvalue weighted by Crippen LogP contribution is -2.34. The Balaban J connectivity index is 1.34. The number of oxazole rings is 1. The lowest BCUT2D eigenvalue weighted by atomic mass is 10.0. The molecule has 10 heteroatoms. The molecule has 0 spiro atoms. The number of fused-ring (bicyclic) bond motifs is 2. The number of carbonyl (C=O) groups is 1. The van der Waals surface area contributed by atoms with Gasteiger partial charge in [0.15, 0.2) is 10.7 Å². The first-order chi connectivity index (χ1) is 16.4. The number of aromatic nitrogens is 3. The van der Waals surface area contributed by atoms with E-state index in [1.807, 2.05) is 18.2 Å². The fraction of sp³-hybridized carbons (Fsp3) is 0.125. The summed E-state index contributed by atoms with van der Waals surface area (Å²) in [7, 11) is 0. The molecule has 3 aromatic carbocycles. The van der Waals surface area contributed by atoms with Gasteiger partial charge in [-0.1, -0.05) is 19.9 Å². The average molecular weight is 490 g/mol. The van der Waals surface area contributed by atoms with Crippen LogP contribution in [0.2, 0.25) is 0 Å². The third-order valence-electron chi connectivity index (χ3n) is 5.31. The molecule has 170 valence electrons. The molecule has 0 aliphatic carbocycles. The van der Waals surface area contributed by atoms with Crippen molar-refractivity contribution in [2.45, 2.75) is 19.8 Å². The molecule has 0 saturated heterocycles. The number of amides is 1. The molecule has 0 aliphatic heterocycles. The standard InChI is InChI=1S/C24H19N5O3S2/c1-12(2)13-4-8-21-19(9-13)26-23(32-21)16-11-15(5-7-20(16)30)25-24(33)27-22(31)14-3-6-17-18(10-14)29-34-28-17/h3-12,30H,1-2H3,(H2,25,27,31,33). The van der Waals surface area contributed by atoms with E-state index in [4.69, 9.17) is 16.6 Å². The summed E-state index contributed by atoms with van der Waals surface area (Å²) in [6.07, 6.45) is 0. The zero-order chi connectivity index (χ0) is 23.8. The third-order valence-corrected chi connectivity index (χ3v) is 6.07. The molecule has 0 fully saturated rings. The van der Waals surface area contributed by atoms with E-state index in [1.165, 1.54) is 6.07 Å². The highest BCUT2D eigenvalue weighted by atomic mass is 32.1. The Bertz CT molecular complexity index is 1560. The molecule has 0 radical (unpaired) electrons. The quantitative estimate of drug-likeness (QED) is 0.225. The SMILES string of the molecule is CC(C)c1ccc2oc(-c3cc(NC(=S)NC(=O)c4ccc5nsnc5c4)ccc3O)nc2c1. The van der Waals surface area contributed by atoms with Gasteiger partial charge in [-0.05, 0) is 72.2 Å². The van der Waals surface area contributed by atoms with Crippen molar-refractivity contribution in [3.8, 4) is 17.2 Å². The van der Waals surface area contributed by atoms with E-state index in [0.29, 0.717) is 39.3 Å². The van der Waals surface area contributed by atoms with Crippen molar-refractivity contribution in [2.75, 3.05) is 5.32 Å². The highest BCUT2D eigenvalue weighted by Crippen LogP contribution is 2.34. The van der Waals surface area contributed by atoms with E-state index in [1.54, 1.807) is 30.3 Å². The molecule has 0 saturated carbocycles. The van der Waals surface area contributed by atoms with E-state index in [-0.39, 0.29) is 22.7 Å². The van der Waals surface area contributed by atoms with Crippen molar-refractivity contribution in [2.24, 2.45) is 0 Å². The fourth-order valence-electron chi connectivity index (χ4n) is 3.46. The van der Waals surface area contributed by atoms with Gasteiger partial charge in [-0.25, -0.2) is 4.98 Å². The summed E-state index contributed by atoms with van der Waals surface area (Å²) in [6, 6.07) is 15.7. The first-order valence-electron chi connectivity index (χ1n) is 10.5. The fourth-order valence-corrected chi connectivity index (χ4v) is 4.19. The van der Waals surface area contributed by atoms with Crippen molar-refractivity contribution in [3.63, 3.8) is 0 Å². The van der Waals surface area contributed by atoms with Crippen LogP contribution in [0.1, 0.15) is 35.7 Å². The molecule has 0 aliphatic rings. The number of phenols is 1. The number of aromatic hydroxyl groups is 1. The largest absolute Gasteiger partial charge is 0.507 e. The minimum Gasteiger partial charge on any atom is -0.507 e. The molecule has 0 unspecified atom stereocenters. The lowest BCUT2D eigenvalue weighted by Gasteiger charge is -2.11. The minimum atomic E-state index is -0.369. The van der Waals surface area contributed by atoms with Gasteiger partial charge in [0.2, 0.25) is 5.89 Å². The van der Waals surface area contributed by atoms with Gasteiger partial charge in [-0.3, -0.25) is 10.1 Å². The first-order valence-corrected chi connectivity index (χ1v) is 11.6. The number of rotatable bonds is 4. The summed E-state index contributed by atoms with van der Waals surface area (Å²) in [5.41, 5.74) is 5.27. The van der Waals surface area contributed by atoms with Crippen LogP contribution in [0, 0.1) is 0 Å². The van der Waals surface area contributed by atoms with Crippen LogP contribution >= 0.6 is 23.9 Å². The minimum absolute atomic E-state index is 0.0151. The molecule has 0 bridgehead atoms. The Morgan fingerprint density at radius 1 is 1.03 bits per heavy atom. The lowest BCUT2D eigenvalue weighted by molar-refractivity contribution is 0.0978. The maximum absolute atomic E-state index is 12.6. The summed E-state index contributed by atoms with van der Waals surface area (Å²) in [5, 5.41) is 16.1. The summed E-state index contributed by atoms with van der Waals surface area (Å²) in [5.74, 6) is 0.298.